The summed E-state index contributed by atoms with van der Waals surface area (Å²) in [7, 11) is 1.36. The topological polar surface area (TPSA) is 95.3 Å². The molecule has 2 heterocycles. The van der Waals surface area contributed by atoms with E-state index in [1.54, 1.807) is 0 Å². The summed E-state index contributed by atoms with van der Waals surface area (Å²) >= 11 is 2.77. The van der Waals surface area contributed by atoms with Gasteiger partial charge in [0.05, 0.1) is 18.4 Å². The normalized spacial score (nSPS) is 12.5. The monoisotopic (exact) mass is 486 g/mol. The molecule has 0 saturated carbocycles. The Balaban J connectivity index is 1.38. The highest BCUT2D eigenvalue weighted by Crippen LogP contribution is 2.39. The number of fused-ring (bicyclic) bond motifs is 1. The Kier molecular flexibility index (Phi) is 7.34. The van der Waals surface area contributed by atoms with Crippen molar-refractivity contribution in [3.63, 3.8) is 0 Å². The second-order valence-electron chi connectivity index (χ2n) is 7.64. The fourth-order valence-electron chi connectivity index (χ4n) is 3.81. The van der Waals surface area contributed by atoms with Crippen LogP contribution in [-0.2, 0) is 35.5 Å². The van der Waals surface area contributed by atoms with E-state index in [9.17, 15) is 9.59 Å². The molecule has 0 spiro atoms. The van der Waals surface area contributed by atoms with Crippen molar-refractivity contribution in [1.82, 2.24) is 14.8 Å². The van der Waals surface area contributed by atoms with E-state index in [2.05, 4.69) is 15.5 Å². The van der Waals surface area contributed by atoms with Gasteiger partial charge in [0, 0.05) is 11.4 Å². The van der Waals surface area contributed by atoms with Crippen molar-refractivity contribution in [1.29, 1.82) is 0 Å². The number of nitrogens with one attached hydrogen (secondary N) is 1. The number of carbonyl (C=O) groups is 2. The number of nitrogens with zero attached hydrogens (tertiary/aromatic N) is 3. The molecule has 0 saturated heterocycles. The Morgan fingerprint density at radius 3 is 2.88 bits per heavy atom. The molecule has 174 valence electrons. The molecule has 8 nitrogen and oxygen atoms in total. The number of carbonyl (C=O) groups excluding carboxylic acids is 2. The van der Waals surface area contributed by atoms with Crippen molar-refractivity contribution >= 4 is 40.0 Å². The number of esters is 1. The van der Waals surface area contributed by atoms with Gasteiger partial charge in [-0.05, 0) is 56.4 Å². The molecule has 4 rings (SSSR count). The van der Waals surface area contributed by atoms with Crippen LogP contribution in [0.25, 0.3) is 0 Å². The van der Waals surface area contributed by atoms with Crippen LogP contribution < -0.4 is 10.1 Å². The lowest BCUT2D eigenvalue weighted by molar-refractivity contribution is -0.113. The zero-order valence-corrected chi connectivity index (χ0v) is 20.5. The van der Waals surface area contributed by atoms with Crippen LogP contribution in [0.15, 0.2) is 29.4 Å². The number of thioether (sulfide) groups is 1. The molecule has 3 aromatic rings. The molecule has 0 unspecified atom stereocenters. The lowest BCUT2D eigenvalue weighted by Gasteiger charge is -2.09. The molecule has 0 radical (unpaired) electrons. The molecular formula is C23H26N4O4S2. The first-order valence-electron chi connectivity index (χ1n) is 10.8. The largest absolute Gasteiger partial charge is 0.486 e. The van der Waals surface area contributed by atoms with Crippen molar-refractivity contribution in [3.8, 4) is 5.75 Å². The quantitative estimate of drug-likeness (QED) is 0.357. The van der Waals surface area contributed by atoms with Crippen LogP contribution in [0.1, 0.15) is 45.5 Å². The number of thiophene rings is 1. The Morgan fingerprint density at radius 2 is 2.12 bits per heavy atom. The van der Waals surface area contributed by atoms with Crippen molar-refractivity contribution in [2.24, 2.45) is 0 Å². The molecule has 0 aliphatic heterocycles. The number of ether oxygens (including phenoxy) is 2. The van der Waals surface area contributed by atoms with Gasteiger partial charge in [-0.25, -0.2) is 4.79 Å². The first kappa shape index (κ1) is 23.3. The first-order valence-corrected chi connectivity index (χ1v) is 12.6. The van der Waals surface area contributed by atoms with Crippen molar-refractivity contribution in [2.45, 2.75) is 51.4 Å². The fraction of sp³-hybridized carbons (Fsp3) is 0.391. The first-order chi connectivity index (χ1) is 16.0. The zero-order valence-electron chi connectivity index (χ0n) is 18.8. The molecular weight excluding hydrogens is 460 g/mol. The van der Waals surface area contributed by atoms with Gasteiger partial charge in [-0.3, -0.25) is 4.79 Å². The number of hydrogen-bond donors (Lipinski definition) is 1. The summed E-state index contributed by atoms with van der Waals surface area (Å²) in [5.41, 5.74) is 2.64. The third kappa shape index (κ3) is 5.22. The summed E-state index contributed by atoms with van der Waals surface area (Å²) in [6, 6.07) is 7.83. The smallest absolute Gasteiger partial charge is 0.341 e. The van der Waals surface area contributed by atoms with Gasteiger partial charge in [0.15, 0.2) is 11.0 Å². The standard InChI is InChI=1S/C23H26N4O4S2/c1-4-27-18(12-31-15-8-5-7-14(2)11-15)25-26-23(27)32-13-19(28)24-21-20(22(29)30-3)16-9-6-10-17(16)33-21/h5,7-8,11H,4,6,9-10,12-13H2,1-3H3,(H,24,28). The van der Waals surface area contributed by atoms with Crippen LogP contribution in [0.5, 0.6) is 5.75 Å². The van der Waals surface area contributed by atoms with Gasteiger partial charge in [-0.15, -0.1) is 21.5 Å². The number of aryl methyl sites for hydroxylation is 2. The van der Waals surface area contributed by atoms with E-state index in [4.69, 9.17) is 9.47 Å². The number of rotatable bonds is 9. The molecule has 0 bridgehead atoms. The van der Waals surface area contributed by atoms with Crippen LogP contribution >= 0.6 is 23.1 Å². The molecule has 1 aromatic carbocycles. The number of hydrogen-bond acceptors (Lipinski definition) is 8. The van der Waals surface area contributed by atoms with Gasteiger partial charge in [0.25, 0.3) is 0 Å². The molecule has 33 heavy (non-hydrogen) atoms. The minimum absolute atomic E-state index is 0.153. The maximum Gasteiger partial charge on any atom is 0.341 e. The molecule has 0 fully saturated rings. The van der Waals surface area contributed by atoms with E-state index < -0.39 is 5.97 Å². The van der Waals surface area contributed by atoms with E-state index in [-0.39, 0.29) is 11.7 Å². The minimum Gasteiger partial charge on any atom is -0.486 e. The highest BCUT2D eigenvalue weighted by molar-refractivity contribution is 7.99. The van der Waals surface area contributed by atoms with E-state index in [0.717, 1.165) is 41.0 Å². The van der Waals surface area contributed by atoms with Crippen LogP contribution in [0, 0.1) is 6.92 Å². The molecule has 0 atom stereocenters. The number of aromatic nitrogens is 3. The lowest BCUT2D eigenvalue weighted by Crippen LogP contribution is -2.17. The Labute approximate surface area is 200 Å². The highest BCUT2D eigenvalue weighted by Gasteiger charge is 2.28. The summed E-state index contributed by atoms with van der Waals surface area (Å²) in [6.07, 6.45) is 2.80. The molecule has 1 amide bonds. The van der Waals surface area contributed by atoms with Gasteiger partial charge in [-0.1, -0.05) is 23.9 Å². The summed E-state index contributed by atoms with van der Waals surface area (Å²) in [5.74, 6) is 1.03. The maximum absolute atomic E-state index is 12.7. The second-order valence-corrected chi connectivity index (χ2v) is 9.69. The summed E-state index contributed by atoms with van der Waals surface area (Å²) in [4.78, 5) is 26.1. The SMILES string of the molecule is CCn1c(COc2cccc(C)c2)nnc1SCC(=O)Nc1sc2c(c1C(=O)OC)CCC2. The van der Waals surface area contributed by atoms with Crippen molar-refractivity contribution in [3.05, 3.63) is 51.7 Å². The van der Waals surface area contributed by atoms with Gasteiger partial charge in [0.2, 0.25) is 5.91 Å². The van der Waals surface area contributed by atoms with Crippen LogP contribution in [-0.4, -0.2) is 39.5 Å². The van der Waals surface area contributed by atoms with Crippen LogP contribution in [0.2, 0.25) is 0 Å². The number of amides is 1. The molecule has 1 aliphatic carbocycles. The predicted molar refractivity (Wildman–Crippen MR) is 128 cm³/mol. The van der Waals surface area contributed by atoms with E-state index in [1.165, 1.54) is 30.2 Å². The van der Waals surface area contributed by atoms with Crippen molar-refractivity contribution < 1.29 is 19.1 Å². The Morgan fingerprint density at radius 1 is 1.27 bits per heavy atom. The molecule has 10 heteroatoms. The molecule has 2 aromatic heterocycles. The fourth-order valence-corrected chi connectivity index (χ4v) is 5.92. The third-order valence-corrected chi connectivity index (χ3v) is 7.54. The summed E-state index contributed by atoms with van der Waals surface area (Å²) in [5, 5.41) is 12.6. The molecule has 1 N–H and O–H groups in total. The van der Waals surface area contributed by atoms with E-state index in [0.29, 0.717) is 34.7 Å². The number of benzene rings is 1. The van der Waals surface area contributed by atoms with E-state index in [1.807, 2.05) is 42.7 Å². The van der Waals surface area contributed by atoms with Crippen LogP contribution in [0.4, 0.5) is 5.00 Å². The summed E-state index contributed by atoms with van der Waals surface area (Å²) in [6.45, 7) is 4.96. The zero-order chi connectivity index (χ0) is 23.4. The van der Waals surface area contributed by atoms with Crippen LogP contribution in [0.3, 0.4) is 0 Å². The lowest BCUT2D eigenvalue weighted by atomic mass is 10.1. The highest BCUT2D eigenvalue weighted by atomic mass is 32.2. The Hall–Kier alpha value is -2.85. The average molecular weight is 487 g/mol. The number of methoxy groups -OCH3 is 1. The maximum atomic E-state index is 12.7. The van der Waals surface area contributed by atoms with Crippen molar-refractivity contribution in [2.75, 3.05) is 18.2 Å². The molecule has 1 aliphatic rings. The summed E-state index contributed by atoms with van der Waals surface area (Å²) < 4.78 is 12.7. The third-order valence-electron chi connectivity index (χ3n) is 5.36. The number of anilines is 1. The Bertz CT molecular complexity index is 1170. The van der Waals surface area contributed by atoms with Gasteiger partial charge in [0.1, 0.15) is 17.4 Å². The van der Waals surface area contributed by atoms with Gasteiger partial charge in [-0.2, -0.15) is 0 Å². The predicted octanol–water partition coefficient (Wildman–Crippen LogP) is 4.25. The average Bonchev–Trinajstić information content (AvgIpc) is 3.50. The van der Waals surface area contributed by atoms with Gasteiger partial charge >= 0.3 is 5.97 Å². The minimum atomic E-state index is -0.402. The second kappa shape index (κ2) is 10.4. The van der Waals surface area contributed by atoms with Gasteiger partial charge < -0.3 is 19.4 Å². The van der Waals surface area contributed by atoms with E-state index >= 15 is 0 Å².